The summed E-state index contributed by atoms with van der Waals surface area (Å²) in [6, 6.07) is 85.6. The molecular formula is C64H45NO2. The van der Waals surface area contributed by atoms with Gasteiger partial charge >= 0.3 is 0 Å². The molecule has 10 aromatic carbocycles. The van der Waals surface area contributed by atoms with Gasteiger partial charge in [0.1, 0.15) is 0 Å². The van der Waals surface area contributed by atoms with Gasteiger partial charge in [0.25, 0.3) is 0 Å². The maximum atomic E-state index is 7.06. The molecule has 3 aliphatic rings. The monoisotopic (exact) mass is 859 g/mol. The van der Waals surface area contributed by atoms with Crippen LogP contribution in [0.2, 0.25) is 0 Å². The average molecular weight is 860 g/mol. The van der Waals surface area contributed by atoms with Crippen molar-refractivity contribution in [3.8, 4) is 67.5 Å². The second-order valence-electron chi connectivity index (χ2n) is 18.4. The van der Waals surface area contributed by atoms with Crippen molar-refractivity contribution >= 4 is 17.1 Å². The van der Waals surface area contributed by atoms with E-state index < -0.39 is 5.41 Å². The first-order chi connectivity index (χ1) is 33.0. The lowest BCUT2D eigenvalue weighted by Crippen LogP contribution is -2.28. The third-order valence-electron chi connectivity index (χ3n) is 14.4. The second-order valence-corrected chi connectivity index (χ2v) is 18.4. The maximum absolute atomic E-state index is 7.06. The number of ether oxygens (including phenoxy) is 2. The largest absolute Gasteiger partial charge is 0.449 e. The zero-order chi connectivity index (χ0) is 44.7. The molecule has 0 spiro atoms. The molecule has 0 fully saturated rings. The number of hydrogen-bond donors (Lipinski definition) is 0. The lowest BCUT2D eigenvalue weighted by molar-refractivity contribution is 0.360. The van der Waals surface area contributed by atoms with Gasteiger partial charge in [-0.2, -0.15) is 0 Å². The Morgan fingerprint density at radius 1 is 0.328 bits per heavy atom. The molecule has 0 atom stereocenters. The third kappa shape index (κ3) is 5.91. The van der Waals surface area contributed by atoms with Crippen molar-refractivity contribution in [3.63, 3.8) is 0 Å². The summed E-state index contributed by atoms with van der Waals surface area (Å²) in [6.45, 7) is 4.58. The molecule has 67 heavy (non-hydrogen) atoms. The summed E-state index contributed by atoms with van der Waals surface area (Å²) in [5.41, 5.74) is 19.2. The maximum Gasteiger partial charge on any atom is 0.178 e. The van der Waals surface area contributed by atoms with E-state index in [0.29, 0.717) is 17.2 Å². The van der Waals surface area contributed by atoms with Crippen LogP contribution in [0.1, 0.15) is 47.2 Å². The summed E-state index contributed by atoms with van der Waals surface area (Å²) in [6.07, 6.45) is 0. The van der Waals surface area contributed by atoms with Crippen LogP contribution in [0, 0.1) is 0 Å². The van der Waals surface area contributed by atoms with Crippen LogP contribution in [-0.4, -0.2) is 0 Å². The Bertz CT molecular complexity index is 3500. The number of fused-ring (bicyclic) bond motifs is 8. The molecule has 0 bridgehead atoms. The van der Waals surface area contributed by atoms with Gasteiger partial charge in [0.2, 0.25) is 0 Å². The highest BCUT2D eigenvalue weighted by Crippen LogP contribution is 2.59. The normalized spacial score (nSPS) is 14.0. The molecule has 1 heterocycles. The van der Waals surface area contributed by atoms with Gasteiger partial charge in [-0.15, -0.1) is 0 Å². The number of para-hydroxylation sites is 2. The molecule has 0 aromatic heterocycles. The van der Waals surface area contributed by atoms with Crippen molar-refractivity contribution in [1.82, 2.24) is 0 Å². The number of anilines is 3. The van der Waals surface area contributed by atoms with Gasteiger partial charge in [-0.3, -0.25) is 0 Å². The van der Waals surface area contributed by atoms with E-state index in [1.54, 1.807) is 0 Å². The van der Waals surface area contributed by atoms with Crippen LogP contribution < -0.4 is 14.4 Å². The zero-order valence-corrected chi connectivity index (χ0v) is 37.3. The summed E-state index contributed by atoms with van der Waals surface area (Å²) in [4.78, 5) is 2.41. The minimum atomic E-state index is -0.556. The lowest BCUT2D eigenvalue weighted by Gasteiger charge is -2.35. The number of rotatable bonds is 7. The molecule has 3 nitrogen and oxygen atoms in total. The first-order valence-corrected chi connectivity index (χ1v) is 23.2. The predicted octanol–water partition coefficient (Wildman–Crippen LogP) is 17.1. The summed E-state index contributed by atoms with van der Waals surface area (Å²) in [5.74, 6) is 2.84. The summed E-state index contributed by atoms with van der Waals surface area (Å²) < 4.78 is 13.9. The smallest absolute Gasteiger partial charge is 0.178 e. The van der Waals surface area contributed by atoms with Crippen LogP contribution in [0.4, 0.5) is 17.1 Å². The molecule has 10 aromatic rings. The van der Waals surface area contributed by atoms with Gasteiger partial charge in [-0.1, -0.05) is 202 Å². The first kappa shape index (κ1) is 39.0. The molecule has 0 N–H and O–H groups in total. The van der Waals surface area contributed by atoms with Gasteiger partial charge in [0.15, 0.2) is 23.0 Å². The van der Waals surface area contributed by atoms with Crippen molar-refractivity contribution in [2.45, 2.75) is 24.7 Å². The molecule has 3 heteroatoms. The molecule has 318 valence electrons. The quantitative estimate of drug-likeness (QED) is 0.159. The summed E-state index contributed by atoms with van der Waals surface area (Å²) >= 11 is 0. The van der Waals surface area contributed by atoms with Gasteiger partial charge in [0, 0.05) is 27.9 Å². The number of benzene rings is 10. The van der Waals surface area contributed by atoms with Crippen molar-refractivity contribution in [2.24, 2.45) is 0 Å². The third-order valence-corrected chi connectivity index (χ3v) is 14.4. The van der Waals surface area contributed by atoms with E-state index in [-0.39, 0.29) is 5.41 Å². The first-order valence-electron chi connectivity index (χ1n) is 23.2. The Labute approximate surface area is 391 Å². The molecule has 1 aliphatic heterocycles. The van der Waals surface area contributed by atoms with Crippen molar-refractivity contribution in [3.05, 3.63) is 270 Å². The molecule has 0 saturated heterocycles. The van der Waals surface area contributed by atoms with Gasteiger partial charge in [0.05, 0.1) is 11.1 Å². The molecule has 0 unspecified atom stereocenters. The van der Waals surface area contributed by atoms with Gasteiger partial charge < -0.3 is 14.4 Å². The highest BCUT2D eigenvalue weighted by Gasteiger charge is 2.46. The fourth-order valence-electron chi connectivity index (χ4n) is 11.3. The highest BCUT2D eigenvalue weighted by atomic mass is 16.6. The van der Waals surface area contributed by atoms with Crippen LogP contribution in [0.15, 0.2) is 237 Å². The van der Waals surface area contributed by atoms with Crippen LogP contribution in [-0.2, 0) is 10.8 Å². The molecule has 0 saturated carbocycles. The van der Waals surface area contributed by atoms with Crippen LogP contribution >= 0.6 is 0 Å². The minimum Gasteiger partial charge on any atom is -0.449 e. The molecular weight excluding hydrogens is 815 g/mol. The Kier molecular flexibility index (Phi) is 8.78. The Morgan fingerprint density at radius 2 is 0.866 bits per heavy atom. The van der Waals surface area contributed by atoms with Crippen LogP contribution in [0.5, 0.6) is 23.0 Å². The Balaban J connectivity index is 1.00. The standard InChI is InChI=1S/C64H45NO2/c1-63(2)54-29-15-12-26-49(54)53-40-60-61(41-56(53)63)66-59-32-18-28-52(62(59)67-60)51-27-14-17-31-58(51)65(46-35-33-43(34-36-46)42-19-6-3-7-20-42)47-37-38-50-48-25-13-16-30-55(48)64(57(50)39-47,44-21-8-4-9-22-44)45-23-10-5-11-24-45/h3-41H,1-2H3. The van der Waals surface area contributed by atoms with Crippen molar-refractivity contribution in [2.75, 3.05) is 4.90 Å². The van der Waals surface area contributed by atoms with Gasteiger partial charge in [-0.05, 0) is 115 Å². The van der Waals surface area contributed by atoms with Crippen LogP contribution in [0.25, 0.3) is 44.5 Å². The second kappa shape index (κ2) is 15.1. The molecule has 0 amide bonds. The summed E-state index contributed by atoms with van der Waals surface area (Å²) in [5, 5.41) is 0. The highest BCUT2D eigenvalue weighted by molar-refractivity contribution is 5.94. The number of nitrogens with zero attached hydrogens (tertiary/aromatic N) is 1. The van der Waals surface area contributed by atoms with E-state index in [1.165, 1.54) is 61.2 Å². The molecule has 0 radical (unpaired) electrons. The zero-order valence-electron chi connectivity index (χ0n) is 37.3. The van der Waals surface area contributed by atoms with E-state index in [4.69, 9.17) is 9.47 Å². The predicted molar refractivity (Wildman–Crippen MR) is 273 cm³/mol. The fraction of sp³-hybridized carbons (Fsp3) is 0.0625. The molecule has 13 rings (SSSR count). The topological polar surface area (TPSA) is 21.7 Å². The van der Waals surface area contributed by atoms with E-state index in [0.717, 1.165) is 39.5 Å². The lowest BCUT2D eigenvalue weighted by atomic mass is 9.67. The Morgan fingerprint density at radius 3 is 1.58 bits per heavy atom. The van der Waals surface area contributed by atoms with E-state index in [1.807, 2.05) is 6.07 Å². The number of hydrogen-bond acceptors (Lipinski definition) is 3. The van der Waals surface area contributed by atoms with E-state index in [2.05, 4.69) is 249 Å². The van der Waals surface area contributed by atoms with E-state index >= 15 is 0 Å². The Hall–Kier alpha value is -8.40. The molecule has 2 aliphatic carbocycles. The average Bonchev–Trinajstić information content (AvgIpc) is 3.80. The van der Waals surface area contributed by atoms with E-state index in [9.17, 15) is 0 Å². The fourth-order valence-corrected chi connectivity index (χ4v) is 11.3. The van der Waals surface area contributed by atoms with Crippen molar-refractivity contribution < 1.29 is 9.47 Å². The SMILES string of the molecule is CC1(C)c2ccccc2-c2cc3c(cc21)Oc1cccc(-c2ccccc2N(c2ccc(-c4ccccc4)cc2)c2ccc4c(c2)C(c2ccccc2)(c2ccccc2)c2ccccc2-4)c1O3. The van der Waals surface area contributed by atoms with Crippen LogP contribution in [0.3, 0.4) is 0 Å². The minimum absolute atomic E-state index is 0.156. The summed E-state index contributed by atoms with van der Waals surface area (Å²) in [7, 11) is 0. The van der Waals surface area contributed by atoms with Gasteiger partial charge in [-0.25, -0.2) is 0 Å². The van der Waals surface area contributed by atoms with Crippen molar-refractivity contribution in [1.29, 1.82) is 0 Å².